The number of rotatable bonds is 2. The largest absolute Gasteiger partial charge is 0.391 e. The molecule has 1 atom stereocenters. The molecule has 1 fully saturated rings. The molecule has 1 unspecified atom stereocenters. The summed E-state index contributed by atoms with van der Waals surface area (Å²) in [4.78, 5) is 13.0. The molecule has 1 aromatic heterocycles. The van der Waals surface area contributed by atoms with Crippen molar-refractivity contribution in [3.8, 4) is 0 Å². The predicted octanol–water partition coefficient (Wildman–Crippen LogP) is 0.0762. The summed E-state index contributed by atoms with van der Waals surface area (Å²) in [5.41, 5.74) is 1.69. The lowest BCUT2D eigenvalue weighted by Crippen LogP contribution is -2.25. The van der Waals surface area contributed by atoms with E-state index in [2.05, 4.69) is 5.16 Å². The lowest BCUT2D eigenvalue weighted by molar-refractivity contribution is -0.128. The van der Waals surface area contributed by atoms with Gasteiger partial charge in [-0.1, -0.05) is 5.16 Å². The van der Waals surface area contributed by atoms with E-state index in [-0.39, 0.29) is 12.3 Å². The molecular formula is C9H12N2O3. The van der Waals surface area contributed by atoms with E-state index in [1.54, 1.807) is 4.90 Å². The van der Waals surface area contributed by atoms with Crippen LogP contribution in [0.1, 0.15) is 17.7 Å². The Bertz CT molecular complexity index is 348. The van der Waals surface area contributed by atoms with Gasteiger partial charge in [-0.2, -0.15) is 0 Å². The van der Waals surface area contributed by atoms with E-state index in [4.69, 9.17) is 4.52 Å². The van der Waals surface area contributed by atoms with Crippen molar-refractivity contribution in [2.45, 2.75) is 26.0 Å². The first-order chi connectivity index (χ1) is 6.66. The van der Waals surface area contributed by atoms with Crippen LogP contribution in [-0.2, 0) is 11.3 Å². The Labute approximate surface area is 81.3 Å². The Morgan fingerprint density at radius 3 is 3.07 bits per heavy atom. The molecule has 5 heteroatoms. The third-order valence-electron chi connectivity index (χ3n) is 2.40. The van der Waals surface area contributed by atoms with Gasteiger partial charge < -0.3 is 14.5 Å². The van der Waals surface area contributed by atoms with Crippen molar-refractivity contribution in [2.24, 2.45) is 0 Å². The summed E-state index contributed by atoms with van der Waals surface area (Å²) in [6, 6.07) is 0. The molecule has 0 saturated carbocycles. The zero-order chi connectivity index (χ0) is 10.1. The molecule has 14 heavy (non-hydrogen) atoms. The lowest BCUT2D eigenvalue weighted by atomic mass is 10.2. The minimum Gasteiger partial charge on any atom is -0.391 e. The molecule has 0 spiro atoms. The average Bonchev–Trinajstić information content (AvgIpc) is 2.62. The van der Waals surface area contributed by atoms with Crippen LogP contribution < -0.4 is 0 Å². The monoisotopic (exact) mass is 196 g/mol. The van der Waals surface area contributed by atoms with Crippen molar-refractivity contribution in [3.63, 3.8) is 0 Å². The van der Waals surface area contributed by atoms with Gasteiger partial charge in [-0.3, -0.25) is 4.79 Å². The molecule has 1 aromatic rings. The summed E-state index contributed by atoms with van der Waals surface area (Å²) in [5.74, 6) is -0.0156. The van der Waals surface area contributed by atoms with Gasteiger partial charge in [-0.25, -0.2) is 0 Å². The van der Waals surface area contributed by atoms with Crippen LogP contribution >= 0.6 is 0 Å². The van der Waals surface area contributed by atoms with Gasteiger partial charge in [0.05, 0.1) is 24.8 Å². The van der Waals surface area contributed by atoms with Crippen LogP contribution in [-0.4, -0.2) is 33.7 Å². The Balaban J connectivity index is 2.05. The van der Waals surface area contributed by atoms with Gasteiger partial charge in [0.2, 0.25) is 5.91 Å². The highest BCUT2D eigenvalue weighted by Gasteiger charge is 2.28. The zero-order valence-electron chi connectivity index (χ0n) is 7.93. The topological polar surface area (TPSA) is 66.6 Å². The molecule has 0 bridgehead atoms. The number of carbonyl (C=O) groups excluding carboxylic acids is 1. The predicted molar refractivity (Wildman–Crippen MR) is 47.3 cm³/mol. The minimum absolute atomic E-state index is 0.0156. The van der Waals surface area contributed by atoms with Crippen molar-refractivity contribution < 1.29 is 14.4 Å². The molecule has 2 heterocycles. The first-order valence-corrected chi connectivity index (χ1v) is 4.52. The van der Waals surface area contributed by atoms with E-state index in [1.807, 2.05) is 6.92 Å². The van der Waals surface area contributed by atoms with Crippen molar-refractivity contribution in [3.05, 3.63) is 17.5 Å². The molecule has 1 amide bonds. The molecule has 76 valence electrons. The summed E-state index contributed by atoms with van der Waals surface area (Å²) in [6.45, 7) is 2.71. The Kier molecular flexibility index (Phi) is 2.25. The molecule has 1 saturated heterocycles. The van der Waals surface area contributed by atoms with Crippen molar-refractivity contribution >= 4 is 5.91 Å². The van der Waals surface area contributed by atoms with Crippen LogP contribution in [0.4, 0.5) is 0 Å². The fourth-order valence-electron chi connectivity index (χ4n) is 1.57. The number of aliphatic hydroxyl groups excluding tert-OH is 1. The average molecular weight is 196 g/mol. The van der Waals surface area contributed by atoms with Gasteiger partial charge in [0.1, 0.15) is 6.26 Å². The second kappa shape index (κ2) is 3.42. The second-order valence-corrected chi connectivity index (χ2v) is 3.56. The maximum absolute atomic E-state index is 11.3. The van der Waals surface area contributed by atoms with Gasteiger partial charge in [-0.15, -0.1) is 0 Å². The molecule has 0 aromatic carbocycles. The number of amides is 1. The Morgan fingerprint density at radius 2 is 2.57 bits per heavy atom. The molecule has 0 aliphatic carbocycles. The third-order valence-corrected chi connectivity index (χ3v) is 2.40. The molecule has 0 radical (unpaired) electrons. The van der Waals surface area contributed by atoms with Gasteiger partial charge in [-0.05, 0) is 6.92 Å². The van der Waals surface area contributed by atoms with Gasteiger partial charge >= 0.3 is 0 Å². The van der Waals surface area contributed by atoms with E-state index in [0.717, 1.165) is 11.3 Å². The fraction of sp³-hybridized carbons (Fsp3) is 0.556. The SMILES string of the molecule is Cc1nocc1CN1CC(O)CC1=O. The number of β-amino-alcohol motifs (C(OH)–C–C–N with tert-alkyl or cyclic N) is 1. The van der Waals surface area contributed by atoms with E-state index in [9.17, 15) is 9.90 Å². The van der Waals surface area contributed by atoms with Crippen LogP contribution in [0.5, 0.6) is 0 Å². The number of hydrogen-bond donors (Lipinski definition) is 1. The second-order valence-electron chi connectivity index (χ2n) is 3.56. The summed E-state index contributed by atoms with van der Waals surface area (Å²) in [5, 5.41) is 13.0. The van der Waals surface area contributed by atoms with E-state index in [0.29, 0.717) is 13.1 Å². The highest BCUT2D eigenvalue weighted by molar-refractivity contribution is 5.79. The van der Waals surface area contributed by atoms with Crippen molar-refractivity contribution in [1.82, 2.24) is 10.1 Å². The molecule has 5 nitrogen and oxygen atoms in total. The minimum atomic E-state index is -0.525. The first kappa shape index (κ1) is 9.21. The highest BCUT2D eigenvalue weighted by atomic mass is 16.5. The van der Waals surface area contributed by atoms with Crippen molar-refractivity contribution in [1.29, 1.82) is 0 Å². The number of hydrogen-bond acceptors (Lipinski definition) is 4. The molecular weight excluding hydrogens is 184 g/mol. The summed E-state index contributed by atoms with van der Waals surface area (Å²) in [6.07, 6.45) is 1.24. The standard InChI is InChI=1S/C9H12N2O3/c1-6-7(5-14-10-6)3-11-4-8(12)2-9(11)13/h5,8,12H,2-4H2,1H3. The number of nitrogens with zero attached hydrogens (tertiary/aromatic N) is 2. The van der Waals surface area contributed by atoms with Crippen LogP contribution in [0.2, 0.25) is 0 Å². The molecule has 2 rings (SSSR count). The normalized spacial score (nSPS) is 22.0. The summed E-state index contributed by atoms with van der Waals surface area (Å²) in [7, 11) is 0. The van der Waals surface area contributed by atoms with Crippen LogP contribution in [0, 0.1) is 6.92 Å². The van der Waals surface area contributed by atoms with E-state index >= 15 is 0 Å². The van der Waals surface area contributed by atoms with Crippen LogP contribution in [0.25, 0.3) is 0 Å². The lowest BCUT2D eigenvalue weighted by Gasteiger charge is -2.14. The number of carbonyl (C=O) groups is 1. The number of aromatic nitrogens is 1. The third kappa shape index (κ3) is 1.63. The summed E-state index contributed by atoms with van der Waals surface area (Å²) >= 11 is 0. The fourth-order valence-corrected chi connectivity index (χ4v) is 1.57. The van der Waals surface area contributed by atoms with Gasteiger partial charge in [0.15, 0.2) is 0 Å². The van der Waals surface area contributed by atoms with Crippen molar-refractivity contribution in [2.75, 3.05) is 6.54 Å². The Hall–Kier alpha value is -1.36. The van der Waals surface area contributed by atoms with Gasteiger partial charge in [0.25, 0.3) is 0 Å². The molecule has 1 aliphatic rings. The number of likely N-dealkylation sites (tertiary alicyclic amines) is 1. The number of aliphatic hydroxyl groups is 1. The zero-order valence-corrected chi connectivity index (χ0v) is 7.93. The smallest absolute Gasteiger partial charge is 0.225 e. The van der Waals surface area contributed by atoms with E-state index in [1.165, 1.54) is 6.26 Å². The van der Waals surface area contributed by atoms with Crippen LogP contribution in [0.15, 0.2) is 10.8 Å². The molecule has 1 N–H and O–H groups in total. The van der Waals surface area contributed by atoms with Gasteiger partial charge in [0, 0.05) is 12.1 Å². The maximum Gasteiger partial charge on any atom is 0.225 e. The maximum atomic E-state index is 11.3. The highest BCUT2D eigenvalue weighted by Crippen LogP contribution is 2.16. The quantitative estimate of drug-likeness (QED) is 0.727. The van der Waals surface area contributed by atoms with E-state index < -0.39 is 6.10 Å². The number of aryl methyl sites for hydroxylation is 1. The van der Waals surface area contributed by atoms with Crippen LogP contribution in [0.3, 0.4) is 0 Å². The molecule has 1 aliphatic heterocycles. The summed E-state index contributed by atoms with van der Waals surface area (Å²) < 4.78 is 4.77. The first-order valence-electron chi connectivity index (χ1n) is 4.52. The Morgan fingerprint density at radius 1 is 1.79 bits per heavy atom.